The van der Waals surface area contributed by atoms with Crippen molar-refractivity contribution in [3.8, 4) is 5.75 Å². The van der Waals surface area contributed by atoms with Gasteiger partial charge in [0.2, 0.25) is 0 Å². The van der Waals surface area contributed by atoms with E-state index in [-0.39, 0.29) is 23.8 Å². The lowest BCUT2D eigenvalue weighted by molar-refractivity contribution is -0.386. The van der Waals surface area contributed by atoms with E-state index in [1.807, 2.05) is 30.3 Å². The van der Waals surface area contributed by atoms with Crippen LogP contribution in [0, 0.1) is 10.1 Å². The zero-order valence-electron chi connectivity index (χ0n) is 12.5. The summed E-state index contributed by atoms with van der Waals surface area (Å²) in [4.78, 5) is 22.5. The summed E-state index contributed by atoms with van der Waals surface area (Å²) in [6.45, 7) is 3.43. The number of rotatable bonds is 6. The van der Waals surface area contributed by atoms with Crippen LogP contribution in [0.15, 0.2) is 42.5 Å². The van der Waals surface area contributed by atoms with Crippen molar-refractivity contribution in [3.05, 3.63) is 69.3 Å². The highest BCUT2D eigenvalue weighted by Gasteiger charge is 2.24. The first kappa shape index (κ1) is 15.7. The first-order chi connectivity index (χ1) is 10.5. The van der Waals surface area contributed by atoms with Crippen LogP contribution in [0.1, 0.15) is 35.3 Å². The molecule has 2 rings (SSSR count). The molecule has 0 heterocycles. The minimum atomic E-state index is -0.481. The van der Waals surface area contributed by atoms with Crippen LogP contribution < -0.4 is 4.74 Å². The van der Waals surface area contributed by atoms with E-state index in [9.17, 15) is 14.9 Å². The molecule has 0 aliphatic rings. The Morgan fingerprint density at radius 2 is 1.86 bits per heavy atom. The summed E-state index contributed by atoms with van der Waals surface area (Å²) in [5.41, 5.74) is 1.60. The third-order valence-corrected chi connectivity index (χ3v) is 3.40. The van der Waals surface area contributed by atoms with Gasteiger partial charge in [0.25, 0.3) is 0 Å². The Balaban J connectivity index is 2.39. The second kappa shape index (κ2) is 6.85. The number of hydrogen-bond acceptors (Lipinski definition) is 4. The highest BCUT2D eigenvalue weighted by Crippen LogP contribution is 2.34. The smallest absolute Gasteiger partial charge is 0.314 e. The van der Waals surface area contributed by atoms with Gasteiger partial charge in [-0.2, -0.15) is 0 Å². The molecule has 0 radical (unpaired) electrons. The average molecular weight is 299 g/mol. The second-order valence-corrected chi connectivity index (χ2v) is 4.88. The fraction of sp³-hybridized carbons (Fsp3) is 0.235. The lowest BCUT2D eigenvalue weighted by Crippen LogP contribution is -2.06. The Morgan fingerprint density at radius 3 is 2.41 bits per heavy atom. The summed E-state index contributed by atoms with van der Waals surface area (Å²) in [6.07, 6.45) is 0.397. The number of ether oxygens (including phenoxy) is 1. The molecule has 5 heteroatoms. The van der Waals surface area contributed by atoms with Gasteiger partial charge in [0.15, 0.2) is 11.5 Å². The number of ketones is 1. The molecule has 0 fully saturated rings. The van der Waals surface area contributed by atoms with E-state index in [1.165, 1.54) is 13.0 Å². The lowest BCUT2D eigenvalue weighted by Gasteiger charge is -2.11. The van der Waals surface area contributed by atoms with Gasteiger partial charge in [-0.05, 0) is 31.0 Å². The SMILES string of the molecule is CCc1c(C(C)=O)ccc(OCc2ccccc2)c1[N+](=O)[O-]. The topological polar surface area (TPSA) is 69.4 Å². The molecule has 0 aromatic heterocycles. The minimum absolute atomic E-state index is 0.119. The van der Waals surface area contributed by atoms with Gasteiger partial charge in [0.1, 0.15) is 6.61 Å². The quantitative estimate of drug-likeness (QED) is 0.460. The van der Waals surface area contributed by atoms with Gasteiger partial charge in [-0.1, -0.05) is 37.3 Å². The molecule has 114 valence electrons. The molecule has 2 aromatic rings. The monoisotopic (exact) mass is 299 g/mol. The predicted molar refractivity (Wildman–Crippen MR) is 83.3 cm³/mol. The largest absolute Gasteiger partial charge is 0.482 e. The Kier molecular flexibility index (Phi) is 4.88. The summed E-state index contributed by atoms with van der Waals surface area (Å²) < 4.78 is 5.61. The lowest BCUT2D eigenvalue weighted by atomic mass is 9.99. The van der Waals surface area contributed by atoms with Gasteiger partial charge in [0, 0.05) is 11.1 Å². The maximum absolute atomic E-state index is 11.6. The fourth-order valence-corrected chi connectivity index (χ4v) is 2.35. The van der Waals surface area contributed by atoms with Crippen LogP contribution >= 0.6 is 0 Å². The van der Waals surface area contributed by atoms with Gasteiger partial charge < -0.3 is 4.74 Å². The molecule has 5 nitrogen and oxygen atoms in total. The molecular weight excluding hydrogens is 282 g/mol. The third-order valence-electron chi connectivity index (χ3n) is 3.40. The minimum Gasteiger partial charge on any atom is -0.482 e. The van der Waals surface area contributed by atoms with Crippen LogP contribution in [0.2, 0.25) is 0 Å². The van der Waals surface area contributed by atoms with Gasteiger partial charge in [0.05, 0.1) is 4.92 Å². The number of nitro benzene ring substituents is 1. The summed E-state index contributed by atoms with van der Waals surface area (Å²) in [5, 5.41) is 11.4. The molecular formula is C17H17NO4. The van der Waals surface area contributed by atoms with Crippen molar-refractivity contribution in [2.75, 3.05) is 0 Å². The van der Waals surface area contributed by atoms with Crippen LogP contribution in [0.4, 0.5) is 5.69 Å². The zero-order chi connectivity index (χ0) is 16.1. The molecule has 0 aliphatic heterocycles. The molecule has 0 unspecified atom stereocenters. The molecule has 22 heavy (non-hydrogen) atoms. The van der Waals surface area contributed by atoms with E-state index in [2.05, 4.69) is 0 Å². The van der Waals surface area contributed by atoms with Crippen LogP contribution in [0.3, 0.4) is 0 Å². The van der Waals surface area contributed by atoms with E-state index in [0.29, 0.717) is 17.5 Å². The summed E-state index contributed by atoms with van der Waals surface area (Å²) in [5.74, 6) is 0.00487. The molecule has 0 spiro atoms. The molecule has 0 amide bonds. The molecule has 0 saturated carbocycles. The normalized spacial score (nSPS) is 10.3. The van der Waals surface area contributed by atoms with Crippen molar-refractivity contribution in [2.45, 2.75) is 26.9 Å². The zero-order valence-corrected chi connectivity index (χ0v) is 12.5. The van der Waals surface area contributed by atoms with Crippen molar-refractivity contribution >= 4 is 11.5 Å². The molecule has 0 saturated heterocycles. The van der Waals surface area contributed by atoms with Crippen LogP contribution in [0.5, 0.6) is 5.75 Å². The maximum atomic E-state index is 11.6. The fourth-order valence-electron chi connectivity index (χ4n) is 2.35. The summed E-state index contributed by atoms with van der Waals surface area (Å²) in [6, 6.07) is 12.5. The van der Waals surface area contributed by atoms with Crippen LogP contribution in [-0.2, 0) is 13.0 Å². The molecule has 0 bridgehead atoms. The predicted octanol–water partition coefficient (Wildman–Crippen LogP) is 3.94. The number of hydrogen-bond donors (Lipinski definition) is 0. The first-order valence-electron chi connectivity index (χ1n) is 7.02. The van der Waals surface area contributed by atoms with Crippen molar-refractivity contribution in [3.63, 3.8) is 0 Å². The number of nitro groups is 1. The summed E-state index contributed by atoms with van der Waals surface area (Å²) in [7, 11) is 0. The standard InChI is InChI=1S/C17H17NO4/c1-3-14-15(12(2)19)9-10-16(17(14)18(20)21)22-11-13-7-5-4-6-8-13/h4-10H,3,11H2,1-2H3. The molecule has 2 aromatic carbocycles. The maximum Gasteiger partial charge on any atom is 0.314 e. The van der Waals surface area contributed by atoms with Crippen molar-refractivity contribution in [1.82, 2.24) is 0 Å². The van der Waals surface area contributed by atoms with Gasteiger partial charge in [-0.3, -0.25) is 14.9 Å². The first-order valence-corrected chi connectivity index (χ1v) is 7.02. The molecule has 0 atom stereocenters. The van der Waals surface area contributed by atoms with E-state index in [1.54, 1.807) is 13.0 Å². The highest BCUT2D eigenvalue weighted by molar-refractivity contribution is 5.97. The Labute approximate surface area is 128 Å². The van der Waals surface area contributed by atoms with Gasteiger partial charge in [-0.15, -0.1) is 0 Å². The van der Waals surface area contributed by atoms with Crippen molar-refractivity contribution in [1.29, 1.82) is 0 Å². The van der Waals surface area contributed by atoms with Crippen molar-refractivity contribution in [2.24, 2.45) is 0 Å². The Hall–Kier alpha value is -2.69. The molecule has 0 N–H and O–H groups in total. The van der Waals surface area contributed by atoms with Gasteiger partial charge >= 0.3 is 5.69 Å². The van der Waals surface area contributed by atoms with Crippen LogP contribution in [0.25, 0.3) is 0 Å². The van der Waals surface area contributed by atoms with Crippen molar-refractivity contribution < 1.29 is 14.5 Å². The highest BCUT2D eigenvalue weighted by atomic mass is 16.6. The molecule has 0 aliphatic carbocycles. The second-order valence-electron chi connectivity index (χ2n) is 4.88. The van der Waals surface area contributed by atoms with Gasteiger partial charge in [-0.25, -0.2) is 0 Å². The van der Waals surface area contributed by atoms with E-state index in [0.717, 1.165) is 5.56 Å². The number of carbonyl (C=O) groups excluding carboxylic acids is 1. The van der Waals surface area contributed by atoms with E-state index >= 15 is 0 Å². The average Bonchev–Trinajstić information content (AvgIpc) is 2.52. The van der Waals surface area contributed by atoms with E-state index < -0.39 is 4.92 Å². The van der Waals surface area contributed by atoms with E-state index in [4.69, 9.17) is 4.74 Å². The Morgan fingerprint density at radius 1 is 1.18 bits per heavy atom. The Bertz CT molecular complexity index is 695. The number of carbonyl (C=O) groups is 1. The van der Waals surface area contributed by atoms with Crippen LogP contribution in [-0.4, -0.2) is 10.7 Å². The third kappa shape index (κ3) is 3.31. The number of benzene rings is 2. The number of nitrogens with zero attached hydrogens (tertiary/aromatic N) is 1. The number of Topliss-reactive ketones (excluding diaryl/α,β-unsaturated/α-hetero) is 1. The summed E-state index contributed by atoms with van der Waals surface area (Å²) >= 11 is 0.